The average Bonchev–Trinajstić information content (AvgIpc) is 2.96. The van der Waals surface area contributed by atoms with Crippen molar-refractivity contribution >= 4 is 23.1 Å². The number of benzene rings is 2. The van der Waals surface area contributed by atoms with Gasteiger partial charge in [0.2, 0.25) is 0 Å². The monoisotopic (exact) mass is 376 g/mol. The molecule has 0 N–H and O–H groups in total. The van der Waals surface area contributed by atoms with Crippen LogP contribution in [0.4, 0.5) is 5.69 Å². The molecule has 2 aliphatic rings. The van der Waals surface area contributed by atoms with Crippen LogP contribution in [0, 0.1) is 20.8 Å². The molecule has 2 aliphatic heterocycles. The van der Waals surface area contributed by atoms with Crippen molar-refractivity contribution in [1.82, 2.24) is 4.90 Å². The van der Waals surface area contributed by atoms with E-state index in [9.17, 15) is 9.59 Å². The first-order chi connectivity index (χ1) is 13.5. The van der Waals surface area contributed by atoms with Crippen LogP contribution in [0.2, 0.25) is 0 Å². The standard InChI is InChI=1S/C23H24N2O3/c1-15-4-7-18(8-5-15)20-21(24-10-12-28-13-11-24)23(27)25(22(20)26)19-9-6-16(2)17(3)14-19/h4-9,14H,10-13H2,1-3H3. The van der Waals surface area contributed by atoms with Gasteiger partial charge >= 0.3 is 0 Å². The highest BCUT2D eigenvalue weighted by Gasteiger charge is 2.42. The molecule has 2 aromatic rings. The van der Waals surface area contributed by atoms with Gasteiger partial charge in [-0.2, -0.15) is 0 Å². The first-order valence-electron chi connectivity index (χ1n) is 9.57. The summed E-state index contributed by atoms with van der Waals surface area (Å²) in [6.07, 6.45) is 0. The van der Waals surface area contributed by atoms with Gasteiger partial charge in [0.05, 0.1) is 24.5 Å². The lowest BCUT2D eigenvalue weighted by Crippen LogP contribution is -2.40. The highest BCUT2D eigenvalue weighted by atomic mass is 16.5. The first kappa shape index (κ1) is 18.4. The lowest BCUT2D eigenvalue weighted by molar-refractivity contribution is -0.121. The number of anilines is 1. The second kappa shape index (κ2) is 7.24. The van der Waals surface area contributed by atoms with Crippen LogP contribution in [-0.4, -0.2) is 43.0 Å². The molecule has 2 heterocycles. The molecular formula is C23H24N2O3. The predicted octanol–water partition coefficient (Wildman–Crippen LogP) is 3.23. The Morgan fingerprint density at radius 2 is 1.50 bits per heavy atom. The van der Waals surface area contributed by atoms with Gasteiger partial charge in [-0.3, -0.25) is 9.59 Å². The van der Waals surface area contributed by atoms with Crippen molar-refractivity contribution in [2.75, 3.05) is 31.2 Å². The minimum Gasteiger partial charge on any atom is -0.378 e. The number of rotatable bonds is 3. The molecule has 0 unspecified atom stereocenters. The SMILES string of the molecule is Cc1ccc(C2=C(N3CCOCC3)C(=O)N(c3ccc(C)c(C)c3)C2=O)cc1. The zero-order valence-corrected chi connectivity index (χ0v) is 16.5. The molecule has 0 aliphatic carbocycles. The van der Waals surface area contributed by atoms with E-state index in [-0.39, 0.29) is 11.8 Å². The van der Waals surface area contributed by atoms with Gasteiger partial charge in [-0.05, 0) is 49.6 Å². The summed E-state index contributed by atoms with van der Waals surface area (Å²) in [7, 11) is 0. The summed E-state index contributed by atoms with van der Waals surface area (Å²) in [5.74, 6) is -0.524. The first-order valence-corrected chi connectivity index (χ1v) is 9.57. The predicted molar refractivity (Wildman–Crippen MR) is 109 cm³/mol. The van der Waals surface area contributed by atoms with Crippen LogP contribution in [0.15, 0.2) is 48.2 Å². The van der Waals surface area contributed by atoms with Gasteiger partial charge in [-0.25, -0.2) is 4.90 Å². The van der Waals surface area contributed by atoms with Gasteiger partial charge in [-0.1, -0.05) is 35.9 Å². The minimum atomic E-state index is -0.265. The fourth-order valence-electron chi connectivity index (χ4n) is 3.68. The molecule has 5 nitrogen and oxygen atoms in total. The van der Waals surface area contributed by atoms with Crippen LogP contribution in [0.1, 0.15) is 22.3 Å². The van der Waals surface area contributed by atoms with Gasteiger partial charge in [0.15, 0.2) is 0 Å². The number of ether oxygens (including phenoxy) is 1. The topological polar surface area (TPSA) is 49.9 Å². The summed E-state index contributed by atoms with van der Waals surface area (Å²) in [6, 6.07) is 13.5. The molecule has 0 saturated carbocycles. The Kier molecular flexibility index (Phi) is 4.77. The number of amides is 2. The van der Waals surface area contributed by atoms with E-state index in [4.69, 9.17) is 4.74 Å². The molecule has 5 heteroatoms. The highest BCUT2D eigenvalue weighted by Crippen LogP contribution is 2.35. The molecule has 0 bridgehead atoms. The number of morpholine rings is 1. The molecule has 2 amide bonds. The summed E-state index contributed by atoms with van der Waals surface area (Å²) in [4.78, 5) is 30.2. The van der Waals surface area contributed by atoms with Gasteiger partial charge in [0.1, 0.15) is 5.70 Å². The normalized spacial score (nSPS) is 17.7. The Morgan fingerprint density at radius 1 is 0.821 bits per heavy atom. The van der Waals surface area contributed by atoms with Crippen LogP contribution < -0.4 is 4.90 Å². The third kappa shape index (κ3) is 3.12. The number of aryl methyl sites for hydroxylation is 3. The fraction of sp³-hybridized carbons (Fsp3) is 0.304. The van der Waals surface area contributed by atoms with Crippen LogP contribution in [-0.2, 0) is 14.3 Å². The van der Waals surface area contributed by atoms with E-state index < -0.39 is 0 Å². The number of hydrogen-bond acceptors (Lipinski definition) is 4. The zero-order valence-electron chi connectivity index (χ0n) is 16.5. The quantitative estimate of drug-likeness (QED) is 0.772. The van der Waals surface area contributed by atoms with Crippen LogP contribution in [0.3, 0.4) is 0 Å². The number of carbonyl (C=O) groups is 2. The number of carbonyl (C=O) groups excluding carboxylic acids is 2. The van der Waals surface area contributed by atoms with E-state index in [0.29, 0.717) is 43.3 Å². The molecule has 0 radical (unpaired) electrons. The third-order valence-electron chi connectivity index (χ3n) is 5.48. The summed E-state index contributed by atoms with van der Waals surface area (Å²) >= 11 is 0. The average molecular weight is 376 g/mol. The summed E-state index contributed by atoms with van der Waals surface area (Å²) in [6.45, 7) is 8.31. The van der Waals surface area contributed by atoms with Crippen molar-refractivity contribution in [3.63, 3.8) is 0 Å². The van der Waals surface area contributed by atoms with Gasteiger partial charge in [0, 0.05) is 13.1 Å². The van der Waals surface area contributed by atoms with Crippen molar-refractivity contribution in [1.29, 1.82) is 0 Å². The van der Waals surface area contributed by atoms with E-state index in [1.807, 2.05) is 68.1 Å². The number of nitrogens with zero attached hydrogens (tertiary/aromatic N) is 2. The molecule has 1 saturated heterocycles. The van der Waals surface area contributed by atoms with Crippen LogP contribution >= 0.6 is 0 Å². The smallest absolute Gasteiger partial charge is 0.282 e. The van der Waals surface area contributed by atoms with Crippen molar-refractivity contribution in [2.45, 2.75) is 20.8 Å². The maximum absolute atomic E-state index is 13.4. The summed E-state index contributed by atoms with van der Waals surface area (Å²) in [5.41, 5.74) is 5.64. The van der Waals surface area contributed by atoms with E-state index in [0.717, 1.165) is 22.3 Å². The van der Waals surface area contributed by atoms with E-state index in [1.54, 1.807) is 0 Å². The Balaban J connectivity index is 1.82. The summed E-state index contributed by atoms with van der Waals surface area (Å²) < 4.78 is 5.44. The third-order valence-corrected chi connectivity index (χ3v) is 5.48. The number of hydrogen-bond donors (Lipinski definition) is 0. The van der Waals surface area contributed by atoms with Crippen molar-refractivity contribution < 1.29 is 14.3 Å². The molecule has 28 heavy (non-hydrogen) atoms. The molecule has 0 spiro atoms. The lowest BCUT2D eigenvalue weighted by atomic mass is 10.0. The van der Waals surface area contributed by atoms with Gasteiger partial charge in [-0.15, -0.1) is 0 Å². The maximum atomic E-state index is 13.4. The minimum absolute atomic E-state index is 0.259. The van der Waals surface area contributed by atoms with Crippen LogP contribution in [0.5, 0.6) is 0 Å². The van der Waals surface area contributed by atoms with Crippen molar-refractivity contribution in [3.8, 4) is 0 Å². The molecule has 0 atom stereocenters. The van der Waals surface area contributed by atoms with E-state index in [2.05, 4.69) is 0 Å². The Morgan fingerprint density at radius 3 is 2.14 bits per heavy atom. The van der Waals surface area contributed by atoms with Gasteiger partial charge < -0.3 is 9.64 Å². The Bertz CT molecular complexity index is 970. The largest absolute Gasteiger partial charge is 0.378 e. The van der Waals surface area contributed by atoms with E-state index in [1.165, 1.54) is 4.90 Å². The second-order valence-corrected chi connectivity index (χ2v) is 7.40. The van der Waals surface area contributed by atoms with Crippen LogP contribution in [0.25, 0.3) is 5.57 Å². The molecule has 144 valence electrons. The van der Waals surface area contributed by atoms with Gasteiger partial charge in [0.25, 0.3) is 11.8 Å². The molecule has 2 aromatic carbocycles. The Labute approximate surface area is 165 Å². The maximum Gasteiger partial charge on any atom is 0.282 e. The number of imide groups is 1. The molecule has 0 aromatic heterocycles. The highest BCUT2D eigenvalue weighted by molar-refractivity contribution is 6.45. The second-order valence-electron chi connectivity index (χ2n) is 7.40. The summed E-state index contributed by atoms with van der Waals surface area (Å²) in [5, 5.41) is 0. The van der Waals surface area contributed by atoms with Crippen molar-refractivity contribution in [2.24, 2.45) is 0 Å². The Hall–Kier alpha value is -2.92. The zero-order chi connectivity index (χ0) is 19.8. The van der Waals surface area contributed by atoms with E-state index >= 15 is 0 Å². The fourth-order valence-corrected chi connectivity index (χ4v) is 3.68. The molecule has 4 rings (SSSR count). The molecular weight excluding hydrogens is 352 g/mol. The molecule has 1 fully saturated rings. The lowest BCUT2D eigenvalue weighted by Gasteiger charge is -2.29. The van der Waals surface area contributed by atoms with Crippen molar-refractivity contribution in [3.05, 3.63) is 70.4 Å².